The monoisotopic (exact) mass is 434 g/mol. The number of carbonyl (C=O) groups is 2. The zero-order valence-corrected chi connectivity index (χ0v) is 18.6. The number of aromatic nitrogens is 1. The number of allylic oxidation sites excluding steroid dienone is 1. The number of esters is 2. The highest BCUT2D eigenvalue weighted by molar-refractivity contribution is 5.91. The maximum atomic E-state index is 12.4. The number of methoxy groups -OCH3 is 1. The smallest absolute Gasteiger partial charge is 0.337 e. The van der Waals surface area contributed by atoms with Gasteiger partial charge in [0.2, 0.25) is 0 Å². The van der Waals surface area contributed by atoms with Crippen LogP contribution in [0.3, 0.4) is 0 Å². The van der Waals surface area contributed by atoms with Crippen LogP contribution >= 0.6 is 0 Å². The number of aromatic amines is 1. The first kappa shape index (κ1) is 22.1. The number of carbonyl (C=O) groups excluding carboxylic acids is 2. The van der Waals surface area contributed by atoms with Crippen molar-refractivity contribution in [1.29, 1.82) is 0 Å². The van der Waals surface area contributed by atoms with Crippen molar-refractivity contribution in [3.8, 4) is 0 Å². The molecule has 6 nitrogen and oxygen atoms in total. The summed E-state index contributed by atoms with van der Waals surface area (Å²) in [6, 6.07) is 7.25. The lowest BCUT2D eigenvalue weighted by atomic mass is 9.86. The number of hydrogen-bond donors (Lipinski definition) is 2. The average Bonchev–Trinajstić information content (AvgIpc) is 3.15. The molecule has 1 fully saturated rings. The maximum Gasteiger partial charge on any atom is 0.337 e. The van der Waals surface area contributed by atoms with E-state index in [4.69, 9.17) is 9.47 Å². The predicted octanol–water partition coefficient (Wildman–Crippen LogP) is 4.30. The van der Waals surface area contributed by atoms with Gasteiger partial charge in [-0.3, -0.25) is 10.1 Å². The molecule has 2 aromatic rings. The molecule has 2 N–H and O–H groups in total. The van der Waals surface area contributed by atoms with Crippen molar-refractivity contribution in [2.75, 3.05) is 13.7 Å². The van der Waals surface area contributed by atoms with Crippen LogP contribution < -0.4 is 5.32 Å². The summed E-state index contributed by atoms with van der Waals surface area (Å²) in [6.45, 7) is 6.52. The minimum atomic E-state index is -0.476. The molecular weight excluding hydrogens is 404 g/mol. The summed E-state index contributed by atoms with van der Waals surface area (Å²) in [7, 11) is 1.39. The van der Waals surface area contributed by atoms with Crippen LogP contribution in [0.5, 0.6) is 0 Å². The highest BCUT2D eigenvalue weighted by Crippen LogP contribution is 2.35. The summed E-state index contributed by atoms with van der Waals surface area (Å²) in [5.41, 5.74) is 4.30. The van der Waals surface area contributed by atoms with E-state index in [2.05, 4.69) is 22.9 Å². The second-order valence-corrected chi connectivity index (χ2v) is 8.49. The van der Waals surface area contributed by atoms with E-state index in [0.717, 1.165) is 40.6 Å². The SMILES string of the molecule is C=C(/C=C\C(=C/C)C(=O)OCC1CCC1)[C@@H]1N[C@@H](C(=O)OC)Cc2c1[nH]c1ccccc21. The molecule has 1 aromatic heterocycles. The van der Waals surface area contributed by atoms with E-state index >= 15 is 0 Å². The van der Waals surface area contributed by atoms with Gasteiger partial charge in [-0.15, -0.1) is 0 Å². The van der Waals surface area contributed by atoms with Crippen LogP contribution in [0.25, 0.3) is 10.9 Å². The molecule has 0 radical (unpaired) electrons. The Kier molecular flexibility index (Phi) is 6.61. The zero-order chi connectivity index (χ0) is 22.7. The summed E-state index contributed by atoms with van der Waals surface area (Å²) in [5, 5.41) is 4.45. The lowest BCUT2D eigenvalue weighted by Gasteiger charge is -2.30. The molecule has 1 aliphatic carbocycles. The summed E-state index contributed by atoms with van der Waals surface area (Å²) in [5.74, 6) is -0.131. The van der Waals surface area contributed by atoms with Gasteiger partial charge >= 0.3 is 11.9 Å². The van der Waals surface area contributed by atoms with Crippen LogP contribution in [0.2, 0.25) is 0 Å². The van der Waals surface area contributed by atoms with E-state index < -0.39 is 6.04 Å². The first-order valence-corrected chi connectivity index (χ1v) is 11.2. The standard InChI is InChI=1S/C26H30N2O4/c1-4-18(25(29)32-15-17-8-7-9-17)13-12-16(2)23-24-20(14-22(28-23)26(30)31-3)19-10-5-6-11-21(19)27-24/h4-6,10-13,17,22-23,27-28H,2,7-9,14-15H2,1,3H3/b13-12-,18-4+/t22-,23+/m1/s1. The number of H-pyrrole nitrogens is 1. The molecule has 0 spiro atoms. The normalized spacial score (nSPS) is 21.2. The third kappa shape index (κ3) is 4.41. The van der Waals surface area contributed by atoms with Gasteiger partial charge in [0.25, 0.3) is 0 Å². The minimum absolute atomic E-state index is 0.309. The van der Waals surface area contributed by atoms with Gasteiger partial charge in [0.1, 0.15) is 6.04 Å². The molecule has 1 aliphatic heterocycles. The van der Waals surface area contributed by atoms with Crippen molar-refractivity contribution in [3.05, 3.63) is 71.5 Å². The Labute approximate surface area is 188 Å². The lowest BCUT2D eigenvalue weighted by Crippen LogP contribution is -2.45. The highest BCUT2D eigenvalue weighted by Gasteiger charge is 2.34. The first-order valence-electron chi connectivity index (χ1n) is 11.2. The first-order chi connectivity index (χ1) is 15.5. The molecule has 2 atom stereocenters. The molecule has 4 rings (SSSR count). The van der Waals surface area contributed by atoms with Crippen molar-refractivity contribution >= 4 is 22.8 Å². The fraction of sp³-hybridized carbons (Fsp3) is 0.385. The molecular formula is C26H30N2O4. The second kappa shape index (κ2) is 9.57. The second-order valence-electron chi connectivity index (χ2n) is 8.49. The topological polar surface area (TPSA) is 80.4 Å². The highest BCUT2D eigenvalue weighted by atomic mass is 16.5. The largest absolute Gasteiger partial charge is 0.468 e. The number of hydrogen-bond acceptors (Lipinski definition) is 5. The van der Waals surface area contributed by atoms with Gasteiger partial charge in [-0.05, 0) is 49.0 Å². The van der Waals surface area contributed by atoms with Crippen molar-refractivity contribution in [2.45, 2.75) is 44.7 Å². The molecule has 0 unspecified atom stereocenters. The van der Waals surface area contributed by atoms with E-state index in [1.165, 1.54) is 13.5 Å². The number of rotatable bonds is 7. The molecule has 0 bridgehead atoms. The molecule has 1 saturated carbocycles. The van der Waals surface area contributed by atoms with E-state index in [-0.39, 0.29) is 18.0 Å². The number of nitrogens with one attached hydrogen (secondary N) is 2. The molecule has 0 saturated heterocycles. The lowest BCUT2D eigenvalue weighted by molar-refractivity contribution is -0.143. The minimum Gasteiger partial charge on any atom is -0.468 e. The number of benzene rings is 1. The van der Waals surface area contributed by atoms with Gasteiger partial charge in [-0.25, -0.2) is 4.79 Å². The van der Waals surface area contributed by atoms with E-state index in [1.54, 1.807) is 12.2 Å². The summed E-state index contributed by atoms with van der Waals surface area (Å²) in [6.07, 6.45) is 9.30. The van der Waals surface area contributed by atoms with Crippen LogP contribution in [-0.2, 0) is 25.5 Å². The van der Waals surface area contributed by atoms with Crippen LogP contribution in [0.4, 0.5) is 0 Å². The summed E-state index contributed by atoms with van der Waals surface area (Å²) < 4.78 is 10.5. The van der Waals surface area contributed by atoms with E-state index in [1.807, 2.05) is 31.2 Å². The fourth-order valence-electron chi connectivity index (χ4n) is 4.33. The molecule has 1 aromatic carbocycles. The van der Waals surface area contributed by atoms with Crippen molar-refractivity contribution in [1.82, 2.24) is 10.3 Å². The Balaban J connectivity index is 1.55. The number of para-hydroxylation sites is 1. The van der Waals surface area contributed by atoms with Gasteiger partial charge in [0.15, 0.2) is 0 Å². The van der Waals surface area contributed by atoms with E-state index in [0.29, 0.717) is 24.5 Å². The quantitative estimate of drug-likeness (QED) is 0.386. The van der Waals surface area contributed by atoms with Gasteiger partial charge in [-0.1, -0.05) is 43.4 Å². The Morgan fingerprint density at radius 3 is 2.69 bits per heavy atom. The van der Waals surface area contributed by atoms with Crippen molar-refractivity contribution in [2.24, 2.45) is 5.92 Å². The Bertz CT molecular complexity index is 1090. The fourth-order valence-corrected chi connectivity index (χ4v) is 4.33. The van der Waals surface area contributed by atoms with E-state index in [9.17, 15) is 9.59 Å². The third-order valence-corrected chi connectivity index (χ3v) is 6.47. The third-order valence-electron chi connectivity index (χ3n) is 6.47. The summed E-state index contributed by atoms with van der Waals surface area (Å²) in [4.78, 5) is 28.3. The molecule has 6 heteroatoms. The average molecular weight is 435 g/mol. The van der Waals surface area contributed by atoms with Gasteiger partial charge in [0, 0.05) is 23.0 Å². The molecule has 32 heavy (non-hydrogen) atoms. The van der Waals surface area contributed by atoms with Crippen LogP contribution in [0.1, 0.15) is 43.5 Å². The van der Waals surface area contributed by atoms with Gasteiger partial charge in [0.05, 0.1) is 25.3 Å². The molecule has 168 valence electrons. The molecule has 0 amide bonds. The molecule has 2 aliphatic rings. The summed E-state index contributed by atoms with van der Waals surface area (Å²) >= 11 is 0. The van der Waals surface area contributed by atoms with Crippen LogP contribution in [0, 0.1) is 5.92 Å². The van der Waals surface area contributed by atoms with Gasteiger partial charge < -0.3 is 14.5 Å². The number of ether oxygens (including phenoxy) is 2. The van der Waals surface area contributed by atoms with Crippen LogP contribution in [-0.4, -0.2) is 36.7 Å². The maximum absolute atomic E-state index is 12.4. The van der Waals surface area contributed by atoms with Crippen LogP contribution in [0.15, 0.2) is 60.2 Å². The van der Waals surface area contributed by atoms with Crippen molar-refractivity contribution < 1.29 is 19.1 Å². The number of fused-ring (bicyclic) bond motifs is 3. The zero-order valence-electron chi connectivity index (χ0n) is 18.6. The Morgan fingerprint density at radius 2 is 2.00 bits per heavy atom. The van der Waals surface area contributed by atoms with Gasteiger partial charge in [-0.2, -0.15) is 0 Å². The van der Waals surface area contributed by atoms with Crippen molar-refractivity contribution in [3.63, 3.8) is 0 Å². The molecule has 2 heterocycles. The Hall–Kier alpha value is -3.12. The Morgan fingerprint density at radius 1 is 1.22 bits per heavy atom. The predicted molar refractivity (Wildman–Crippen MR) is 124 cm³/mol.